The van der Waals surface area contributed by atoms with Crippen LogP contribution in [0.1, 0.15) is 56.3 Å². The van der Waals surface area contributed by atoms with Gasteiger partial charge in [0.15, 0.2) is 0 Å². The Morgan fingerprint density at radius 3 is 2.74 bits per heavy atom. The molecule has 0 aliphatic carbocycles. The minimum absolute atomic E-state index is 0.0863. The molecule has 2 aromatic rings. The predicted octanol–water partition coefficient (Wildman–Crippen LogP) is 3.41. The number of benzene rings is 1. The highest BCUT2D eigenvalue weighted by molar-refractivity contribution is 5.88. The van der Waals surface area contributed by atoms with Crippen molar-refractivity contribution in [3.63, 3.8) is 0 Å². The summed E-state index contributed by atoms with van der Waals surface area (Å²) in [6, 6.07) is 5.71. The van der Waals surface area contributed by atoms with Crippen molar-refractivity contribution in [3.05, 3.63) is 29.5 Å². The summed E-state index contributed by atoms with van der Waals surface area (Å²) in [6.07, 6.45) is 5.18. The lowest BCUT2D eigenvalue weighted by Gasteiger charge is -2.50. The number of aliphatic hydroxyl groups is 1. The molecule has 0 unspecified atom stereocenters. The number of hydrogen-bond acceptors (Lipinski definition) is 5. The van der Waals surface area contributed by atoms with Gasteiger partial charge in [-0.1, -0.05) is 6.92 Å². The molecule has 192 valence electrons. The number of likely N-dealkylation sites (tertiary alicyclic amines) is 1. The van der Waals surface area contributed by atoms with Crippen molar-refractivity contribution in [2.24, 2.45) is 5.92 Å². The Kier molecular flexibility index (Phi) is 7.23. The fourth-order valence-corrected chi connectivity index (χ4v) is 6.42. The van der Waals surface area contributed by atoms with Crippen LogP contribution in [0.2, 0.25) is 0 Å². The van der Waals surface area contributed by atoms with Crippen molar-refractivity contribution >= 4 is 16.9 Å². The number of aliphatic hydroxyl groups excluding tert-OH is 1. The van der Waals surface area contributed by atoms with Crippen molar-refractivity contribution < 1.29 is 19.4 Å². The number of amides is 2. The minimum Gasteiger partial charge on any atom is -0.497 e. The van der Waals surface area contributed by atoms with Crippen molar-refractivity contribution in [1.82, 2.24) is 20.1 Å². The number of methoxy groups -OCH3 is 1. The molecule has 8 heteroatoms. The molecule has 3 aliphatic rings. The Morgan fingerprint density at radius 1 is 1.29 bits per heavy atom. The highest BCUT2D eigenvalue weighted by atomic mass is 16.5. The first-order valence-electron chi connectivity index (χ1n) is 13.2. The van der Waals surface area contributed by atoms with E-state index >= 15 is 0 Å². The fourth-order valence-electron chi connectivity index (χ4n) is 6.42. The molecule has 1 atom stereocenters. The van der Waals surface area contributed by atoms with E-state index in [-0.39, 0.29) is 24.1 Å². The van der Waals surface area contributed by atoms with Gasteiger partial charge in [-0.25, -0.2) is 4.79 Å². The van der Waals surface area contributed by atoms with E-state index in [1.165, 1.54) is 10.9 Å². The summed E-state index contributed by atoms with van der Waals surface area (Å²) < 4.78 is 11.0. The van der Waals surface area contributed by atoms with Gasteiger partial charge in [0.25, 0.3) is 0 Å². The number of aromatic amines is 1. The van der Waals surface area contributed by atoms with Crippen molar-refractivity contribution in [3.8, 4) is 5.75 Å². The Morgan fingerprint density at radius 2 is 2.06 bits per heavy atom. The topological polar surface area (TPSA) is 90.1 Å². The summed E-state index contributed by atoms with van der Waals surface area (Å²) >= 11 is 0. The van der Waals surface area contributed by atoms with Gasteiger partial charge >= 0.3 is 6.03 Å². The van der Waals surface area contributed by atoms with Gasteiger partial charge in [-0.3, -0.25) is 0 Å². The lowest BCUT2D eigenvalue weighted by atomic mass is 9.68. The van der Waals surface area contributed by atoms with E-state index in [1.54, 1.807) is 7.11 Å². The zero-order chi connectivity index (χ0) is 24.4. The molecule has 2 fully saturated rings. The normalized spacial score (nSPS) is 22.9. The number of hydrogen-bond donors (Lipinski definition) is 3. The zero-order valence-electron chi connectivity index (χ0n) is 21.1. The molecule has 0 bridgehead atoms. The third-order valence-corrected chi connectivity index (χ3v) is 8.38. The smallest absolute Gasteiger partial charge is 0.318 e. The number of piperidine rings is 1. The number of ether oxygens (including phenoxy) is 2. The second-order valence-electron chi connectivity index (χ2n) is 10.5. The number of fused-ring (bicyclic) bond motifs is 4. The summed E-state index contributed by atoms with van der Waals surface area (Å²) in [5.41, 5.74) is 3.14. The van der Waals surface area contributed by atoms with Crippen LogP contribution in [0.4, 0.5) is 4.79 Å². The molecule has 4 heterocycles. The van der Waals surface area contributed by atoms with Crippen LogP contribution in [0.3, 0.4) is 0 Å². The van der Waals surface area contributed by atoms with Crippen LogP contribution < -0.4 is 10.1 Å². The molecule has 3 N–H and O–H groups in total. The first kappa shape index (κ1) is 24.4. The highest BCUT2D eigenvalue weighted by Crippen LogP contribution is 2.49. The summed E-state index contributed by atoms with van der Waals surface area (Å²) in [4.78, 5) is 21.3. The Labute approximate surface area is 207 Å². The van der Waals surface area contributed by atoms with Crippen LogP contribution in [0.15, 0.2) is 18.2 Å². The maximum Gasteiger partial charge on any atom is 0.318 e. The standard InChI is InChI=1S/C27H40N4O4/c1-3-10-28-26(33)31-18-27(8-11-30(12-9-27)16-19-6-13-35-14-7-19)24-21-5-4-20(34-2)15-22(21)29-25(24)23(31)17-32/h4-5,15,19,23,29,32H,3,6-14,16-18H2,1-2H3,(H,28,33)/t23-/m0/s1. The van der Waals surface area contributed by atoms with E-state index in [0.29, 0.717) is 13.1 Å². The summed E-state index contributed by atoms with van der Waals surface area (Å²) in [7, 11) is 1.68. The quantitative estimate of drug-likeness (QED) is 0.585. The van der Waals surface area contributed by atoms with Gasteiger partial charge in [-0.2, -0.15) is 0 Å². The molecule has 2 amide bonds. The number of rotatable bonds is 6. The third kappa shape index (κ3) is 4.63. The van der Waals surface area contributed by atoms with Crippen molar-refractivity contribution in [2.45, 2.75) is 50.5 Å². The van der Waals surface area contributed by atoms with Gasteiger partial charge in [-0.05, 0) is 68.8 Å². The van der Waals surface area contributed by atoms with E-state index < -0.39 is 0 Å². The summed E-state index contributed by atoms with van der Waals surface area (Å²) in [5, 5.41) is 14.7. The average molecular weight is 485 g/mol. The number of aromatic nitrogens is 1. The van der Waals surface area contributed by atoms with Crippen LogP contribution >= 0.6 is 0 Å². The van der Waals surface area contributed by atoms with E-state index in [1.807, 2.05) is 17.0 Å². The largest absolute Gasteiger partial charge is 0.497 e. The number of urea groups is 1. The minimum atomic E-state index is -0.383. The van der Waals surface area contributed by atoms with Crippen LogP contribution in [-0.4, -0.2) is 85.6 Å². The zero-order valence-corrected chi connectivity index (χ0v) is 21.1. The van der Waals surface area contributed by atoms with Crippen molar-refractivity contribution in [2.75, 3.05) is 59.7 Å². The SMILES string of the molecule is CCCNC(=O)N1CC2(CCN(CC3CCOCC3)CC2)c2c([nH]c3cc(OC)ccc23)[C@@H]1CO. The predicted molar refractivity (Wildman–Crippen MR) is 136 cm³/mol. The Bertz CT molecular complexity index is 1020. The molecule has 35 heavy (non-hydrogen) atoms. The van der Waals surface area contributed by atoms with Gasteiger partial charge in [0.2, 0.25) is 0 Å². The third-order valence-electron chi connectivity index (χ3n) is 8.38. The molecule has 0 saturated carbocycles. The number of H-pyrrole nitrogens is 1. The molecule has 1 aromatic heterocycles. The number of nitrogens with zero attached hydrogens (tertiary/aromatic N) is 2. The van der Waals surface area contributed by atoms with E-state index in [2.05, 4.69) is 28.2 Å². The maximum absolute atomic E-state index is 13.3. The van der Waals surface area contributed by atoms with Crippen molar-refractivity contribution in [1.29, 1.82) is 0 Å². The van der Waals surface area contributed by atoms with E-state index in [9.17, 15) is 9.90 Å². The van der Waals surface area contributed by atoms with Gasteiger partial charge in [0.1, 0.15) is 5.75 Å². The van der Waals surface area contributed by atoms with Crippen LogP contribution in [0, 0.1) is 5.92 Å². The molecule has 1 spiro atoms. The van der Waals surface area contributed by atoms with E-state index in [0.717, 1.165) is 87.8 Å². The highest BCUT2D eigenvalue weighted by Gasteiger charge is 2.48. The molecule has 3 aliphatic heterocycles. The number of nitrogens with one attached hydrogen (secondary N) is 2. The average Bonchev–Trinajstić information content (AvgIpc) is 3.28. The van der Waals surface area contributed by atoms with Gasteiger partial charge < -0.3 is 34.7 Å². The molecule has 5 rings (SSSR count). The first-order valence-corrected chi connectivity index (χ1v) is 13.2. The molecule has 1 aromatic carbocycles. The number of carbonyl (C=O) groups excluding carboxylic acids is 1. The molecule has 2 saturated heterocycles. The van der Waals surface area contributed by atoms with Gasteiger partial charge in [0, 0.05) is 60.9 Å². The lowest BCUT2D eigenvalue weighted by Crippen LogP contribution is -2.57. The lowest BCUT2D eigenvalue weighted by molar-refractivity contribution is 0.0356. The summed E-state index contributed by atoms with van der Waals surface area (Å²) in [5.74, 6) is 1.52. The van der Waals surface area contributed by atoms with Crippen LogP contribution in [0.5, 0.6) is 5.75 Å². The molecule has 8 nitrogen and oxygen atoms in total. The first-order chi connectivity index (χ1) is 17.1. The Hall–Kier alpha value is -2.29. The second-order valence-corrected chi connectivity index (χ2v) is 10.5. The van der Waals surface area contributed by atoms with Crippen LogP contribution in [-0.2, 0) is 10.2 Å². The monoisotopic (exact) mass is 484 g/mol. The number of carbonyl (C=O) groups is 1. The fraction of sp³-hybridized carbons (Fsp3) is 0.667. The maximum atomic E-state index is 13.3. The molecular formula is C27H40N4O4. The summed E-state index contributed by atoms with van der Waals surface area (Å²) in [6.45, 7) is 8.16. The Balaban J connectivity index is 1.48. The van der Waals surface area contributed by atoms with Crippen LogP contribution in [0.25, 0.3) is 10.9 Å². The van der Waals surface area contributed by atoms with Gasteiger partial charge in [-0.15, -0.1) is 0 Å². The van der Waals surface area contributed by atoms with E-state index in [4.69, 9.17) is 9.47 Å². The second kappa shape index (κ2) is 10.4. The molecule has 0 radical (unpaired) electrons. The molecular weight excluding hydrogens is 444 g/mol. The van der Waals surface area contributed by atoms with Gasteiger partial charge in [0.05, 0.1) is 19.8 Å².